The summed E-state index contributed by atoms with van der Waals surface area (Å²) in [5.41, 5.74) is 0. The molecule has 1 N–H and O–H groups in total. The molecule has 0 atom stereocenters. The Bertz CT molecular complexity index is 760. The van der Waals surface area contributed by atoms with Crippen molar-refractivity contribution in [3.63, 3.8) is 0 Å². The van der Waals surface area contributed by atoms with Crippen molar-refractivity contribution in [3.05, 3.63) is 28.2 Å². The lowest BCUT2D eigenvalue weighted by Gasteiger charge is -2.31. The van der Waals surface area contributed by atoms with Gasteiger partial charge in [-0.3, -0.25) is 4.79 Å². The first-order valence-electron chi connectivity index (χ1n) is 8.70. The molecule has 0 bridgehead atoms. The molecule has 6 nitrogen and oxygen atoms in total. The number of piperidine rings is 1. The number of carbonyl (C=O) groups is 1. The van der Waals surface area contributed by atoms with E-state index in [9.17, 15) is 13.2 Å². The second-order valence-electron chi connectivity index (χ2n) is 6.75. The Morgan fingerprint density at radius 3 is 2.50 bits per heavy atom. The van der Waals surface area contributed by atoms with Crippen molar-refractivity contribution in [1.29, 1.82) is 0 Å². The highest BCUT2D eigenvalue weighted by molar-refractivity contribution is 7.90. The first kappa shape index (κ1) is 19.7. The van der Waals surface area contributed by atoms with E-state index in [2.05, 4.69) is 5.32 Å². The second kappa shape index (κ2) is 8.33. The van der Waals surface area contributed by atoms with E-state index in [0.717, 1.165) is 25.7 Å². The van der Waals surface area contributed by atoms with Crippen LogP contribution in [0.3, 0.4) is 0 Å². The molecule has 0 aromatic heterocycles. The highest BCUT2D eigenvalue weighted by Crippen LogP contribution is 2.33. The van der Waals surface area contributed by atoms with Crippen molar-refractivity contribution in [2.45, 2.75) is 30.9 Å². The van der Waals surface area contributed by atoms with Crippen molar-refractivity contribution >= 4 is 39.1 Å². The summed E-state index contributed by atoms with van der Waals surface area (Å²) in [4.78, 5) is 11.9. The van der Waals surface area contributed by atoms with Crippen LogP contribution >= 0.6 is 23.2 Å². The molecule has 0 spiro atoms. The number of benzene rings is 1. The molecule has 0 unspecified atom stereocenters. The van der Waals surface area contributed by atoms with E-state index in [-0.39, 0.29) is 23.7 Å². The SMILES string of the molecule is O=C(COc1ccc(Cl)cc1Cl)NCC1CCN(S(=O)(=O)C2CC2)CC1. The van der Waals surface area contributed by atoms with Crippen LogP contribution in [0.15, 0.2) is 18.2 Å². The monoisotopic (exact) mass is 420 g/mol. The van der Waals surface area contributed by atoms with E-state index in [1.807, 2.05) is 0 Å². The van der Waals surface area contributed by atoms with E-state index in [1.165, 1.54) is 0 Å². The van der Waals surface area contributed by atoms with Crippen molar-refractivity contribution in [1.82, 2.24) is 9.62 Å². The zero-order valence-corrected chi connectivity index (χ0v) is 16.6. The lowest BCUT2D eigenvalue weighted by atomic mass is 9.98. The summed E-state index contributed by atoms with van der Waals surface area (Å²) < 4.78 is 31.4. The summed E-state index contributed by atoms with van der Waals surface area (Å²) in [5, 5.41) is 3.54. The Morgan fingerprint density at radius 1 is 1.19 bits per heavy atom. The number of nitrogens with zero attached hydrogens (tertiary/aromatic N) is 1. The average Bonchev–Trinajstić information content (AvgIpc) is 3.45. The Morgan fingerprint density at radius 2 is 1.88 bits per heavy atom. The van der Waals surface area contributed by atoms with Crippen molar-refractivity contribution in [2.24, 2.45) is 5.92 Å². The minimum absolute atomic E-state index is 0.129. The van der Waals surface area contributed by atoms with Gasteiger partial charge >= 0.3 is 0 Å². The molecule has 2 aliphatic rings. The summed E-state index contributed by atoms with van der Waals surface area (Å²) >= 11 is 11.8. The topological polar surface area (TPSA) is 75.7 Å². The number of hydrogen-bond acceptors (Lipinski definition) is 4. The summed E-state index contributed by atoms with van der Waals surface area (Å²) in [6, 6.07) is 4.82. The molecule has 9 heteroatoms. The number of rotatable bonds is 7. The van der Waals surface area contributed by atoms with Gasteiger partial charge in [0, 0.05) is 24.7 Å². The molecule has 1 saturated carbocycles. The van der Waals surface area contributed by atoms with Crippen LogP contribution in [0, 0.1) is 5.92 Å². The van der Waals surface area contributed by atoms with E-state index in [0.29, 0.717) is 35.4 Å². The van der Waals surface area contributed by atoms with E-state index >= 15 is 0 Å². The minimum atomic E-state index is -3.09. The third-order valence-corrected chi connectivity index (χ3v) is 7.65. The van der Waals surface area contributed by atoms with Gasteiger partial charge in [-0.2, -0.15) is 0 Å². The Balaban J connectivity index is 1.37. The van der Waals surface area contributed by atoms with Crippen molar-refractivity contribution < 1.29 is 17.9 Å². The highest BCUT2D eigenvalue weighted by Gasteiger charge is 2.41. The van der Waals surface area contributed by atoms with Gasteiger partial charge in [0.25, 0.3) is 5.91 Å². The lowest BCUT2D eigenvalue weighted by molar-refractivity contribution is -0.123. The Labute approximate surface area is 163 Å². The predicted octanol–water partition coefficient (Wildman–Crippen LogP) is 2.69. The maximum absolute atomic E-state index is 12.2. The van der Waals surface area contributed by atoms with E-state index < -0.39 is 10.0 Å². The third-order valence-electron chi connectivity index (χ3n) is 4.72. The maximum Gasteiger partial charge on any atom is 0.257 e. The van der Waals surface area contributed by atoms with Crippen LogP contribution in [0.5, 0.6) is 5.75 Å². The molecule has 1 aromatic carbocycles. The molecule has 1 aliphatic heterocycles. The molecule has 3 rings (SSSR count). The summed E-state index contributed by atoms with van der Waals surface area (Å²) in [6.07, 6.45) is 3.10. The molecule has 1 heterocycles. The first-order chi connectivity index (χ1) is 12.4. The van der Waals surface area contributed by atoms with Crippen LogP contribution < -0.4 is 10.1 Å². The van der Waals surface area contributed by atoms with Gasteiger partial charge < -0.3 is 10.1 Å². The quantitative estimate of drug-likeness (QED) is 0.735. The van der Waals surface area contributed by atoms with Gasteiger partial charge in [0.1, 0.15) is 5.75 Å². The van der Waals surface area contributed by atoms with Crippen LogP contribution in [0.4, 0.5) is 0 Å². The normalized spacial score (nSPS) is 19.3. The fraction of sp³-hybridized carbons (Fsp3) is 0.588. The van der Waals surface area contributed by atoms with Crippen molar-refractivity contribution in [2.75, 3.05) is 26.2 Å². The molecular weight excluding hydrogens is 399 g/mol. The van der Waals surface area contributed by atoms with Gasteiger partial charge in [-0.05, 0) is 49.8 Å². The number of amides is 1. The summed E-state index contributed by atoms with van der Waals surface area (Å²) in [6.45, 7) is 1.47. The molecule has 2 fully saturated rings. The number of nitrogens with one attached hydrogen (secondary N) is 1. The molecule has 144 valence electrons. The largest absolute Gasteiger partial charge is 0.482 e. The van der Waals surface area contributed by atoms with Gasteiger partial charge in [0.2, 0.25) is 10.0 Å². The number of carbonyl (C=O) groups excluding carboxylic acids is 1. The van der Waals surface area contributed by atoms with Gasteiger partial charge in [-0.1, -0.05) is 23.2 Å². The Hall–Kier alpha value is -1.02. The number of hydrogen-bond donors (Lipinski definition) is 1. The fourth-order valence-electron chi connectivity index (χ4n) is 2.99. The molecule has 1 aliphatic carbocycles. The number of halogens is 2. The average molecular weight is 421 g/mol. The van der Waals surface area contributed by atoms with Gasteiger partial charge in [0.05, 0.1) is 10.3 Å². The summed E-state index contributed by atoms with van der Waals surface area (Å²) in [5.74, 6) is 0.456. The lowest BCUT2D eigenvalue weighted by Crippen LogP contribution is -2.43. The second-order valence-corrected chi connectivity index (χ2v) is 9.81. The van der Waals surface area contributed by atoms with Crippen LogP contribution in [0.25, 0.3) is 0 Å². The highest BCUT2D eigenvalue weighted by atomic mass is 35.5. The first-order valence-corrected chi connectivity index (χ1v) is 11.0. The van der Waals surface area contributed by atoms with Crippen LogP contribution in [0.1, 0.15) is 25.7 Å². The van der Waals surface area contributed by atoms with Gasteiger partial charge in [-0.25, -0.2) is 12.7 Å². The van der Waals surface area contributed by atoms with Crippen LogP contribution in [0.2, 0.25) is 10.0 Å². The summed E-state index contributed by atoms with van der Waals surface area (Å²) in [7, 11) is -3.09. The van der Waals surface area contributed by atoms with E-state index in [4.69, 9.17) is 27.9 Å². The Kier molecular flexibility index (Phi) is 6.33. The molecular formula is C17H22Cl2N2O4S. The smallest absolute Gasteiger partial charge is 0.257 e. The van der Waals surface area contributed by atoms with Crippen LogP contribution in [-0.4, -0.2) is 50.1 Å². The standard InChI is InChI=1S/C17H22Cl2N2O4S/c18-13-1-4-16(15(19)9-13)25-11-17(22)20-10-12-5-7-21(8-6-12)26(23,24)14-2-3-14/h1,4,9,12,14H,2-3,5-8,10-11H2,(H,20,22). The molecule has 26 heavy (non-hydrogen) atoms. The molecule has 1 saturated heterocycles. The third kappa shape index (κ3) is 5.03. The zero-order valence-electron chi connectivity index (χ0n) is 14.3. The minimum Gasteiger partial charge on any atom is -0.482 e. The van der Waals surface area contributed by atoms with Crippen molar-refractivity contribution in [3.8, 4) is 5.75 Å². The molecule has 1 aromatic rings. The fourth-order valence-corrected chi connectivity index (χ4v) is 5.33. The number of ether oxygens (including phenoxy) is 1. The van der Waals surface area contributed by atoms with Crippen LogP contribution in [-0.2, 0) is 14.8 Å². The molecule has 0 radical (unpaired) electrons. The number of sulfonamides is 1. The van der Waals surface area contributed by atoms with Gasteiger partial charge in [-0.15, -0.1) is 0 Å². The predicted molar refractivity (Wildman–Crippen MR) is 101 cm³/mol. The van der Waals surface area contributed by atoms with E-state index in [1.54, 1.807) is 22.5 Å². The maximum atomic E-state index is 12.2. The zero-order chi connectivity index (χ0) is 18.7. The van der Waals surface area contributed by atoms with Gasteiger partial charge in [0.15, 0.2) is 6.61 Å². The molecule has 1 amide bonds.